The molecule has 5 nitrogen and oxygen atoms in total. The van der Waals surface area contributed by atoms with Gasteiger partial charge in [-0.15, -0.1) is 0 Å². The lowest BCUT2D eigenvalue weighted by molar-refractivity contribution is -0.0587. The highest BCUT2D eigenvalue weighted by Gasteiger charge is 2.39. The lowest BCUT2D eigenvalue weighted by Crippen LogP contribution is -2.49. The maximum Gasteiger partial charge on any atom is 0.0971 e. The number of ether oxygens (including phenoxy) is 3. The molecule has 2 saturated heterocycles. The van der Waals surface area contributed by atoms with E-state index < -0.39 is 0 Å². The van der Waals surface area contributed by atoms with Crippen molar-refractivity contribution in [1.29, 1.82) is 0 Å². The van der Waals surface area contributed by atoms with E-state index in [0.29, 0.717) is 13.2 Å². The molecule has 4 unspecified atom stereocenters. The zero-order valence-corrected chi connectivity index (χ0v) is 9.96. The highest BCUT2D eigenvalue weighted by Crippen LogP contribution is 2.22. The molecule has 94 valence electrons. The summed E-state index contributed by atoms with van der Waals surface area (Å²) >= 11 is 0. The molecule has 0 saturated carbocycles. The van der Waals surface area contributed by atoms with Crippen LogP contribution in [0.4, 0.5) is 0 Å². The van der Waals surface area contributed by atoms with Crippen molar-refractivity contribution in [2.75, 3.05) is 40.5 Å². The molecule has 5 heteroatoms. The van der Waals surface area contributed by atoms with Gasteiger partial charge in [-0.3, -0.25) is 4.90 Å². The van der Waals surface area contributed by atoms with Crippen molar-refractivity contribution in [1.82, 2.24) is 4.90 Å². The fourth-order valence-electron chi connectivity index (χ4n) is 2.56. The first-order valence-electron chi connectivity index (χ1n) is 5.81. The van der Waals surface area contributed by atoms with E-state index in [9.17, 15) is 5.11 Å². The van der Waals surface area contributed by atoms with E-state index in [-0.39, 0.29) is 24.4 Å². The topological polar surface area (TPSA) is 51.2 Å². The Hall–Kier alpha value is -0.200. The van der Waals surface area contributed by atoms with Crippen LogP contribution in [-0.2, 0) is 14.2 Å². The second-order valence-electron chi connectivity index (χ2n) is 4.50. The zero-order chi connectivity index (χ0) is 11.5. The van der Waals surface area contributed by atoms with E-state index in [0.717, 1.165) is 19.5 Å². The van der Waals surface area contributed by atoms with Gasteiger partial charge >= 0.3 is 0 Å². The first-order chi connectivity index (χ1) is 7.76. The lowest BCUT2D eigenvalue weighted by Gasteiger charge is -2.34. The summed E-state index contributed by atoms with van der Waals surface area (Å²) in [6.07, 6.45) is 0.622. The van der Waals surface area contributed by atoms with Gasteiger partial charge in [-0.1, -0.05) is 0 Å². The van der Waals surface area contributed by atoms with Crippen LogP contribution in [0.1, 0.15) is 6.42 Å². The number of hydrogen-bond acceptors (Lipinski definition) is 5. The number of aliphatic hydroxyl groups excluding tert-OH is 1. The summed E-state index contributed by atoms with van der Waals surface area (Å²) in [7, 11) is 3.40. The molecule has 0 aromatic heterocycles. The van der Waals surface area contributed by atoms with Crippen molar-refractivity contribution in [2.45, 2.75) is 30.8 Å². The van der Waals surface area contributed by atoms with E-state index in [1.54, 1.807) is 14.2 Å². The van der Waals surface area contributed by atoms with Crippen LogP contribution in [0, 0.1) is 0 Å². The molecular formula is C11H21NO4. The molecule has 2 rings (SSSR count). The Bertz CT molecular complexity index is 214. The Morgan fingerprint density at radius 2 is 1.81 bits per heavy atom. The third kappa shape index (κ3) is 2.38. The van der Waals surface area contributed by atoms with Crippen LogP contribution in [0.15, 0.2) is 0 Å². The predicted molar refractivity (Wildman–Crippen MR) is 58.4 cm³/mol. The molecule has 0 aromatic carbocycles. The number of methoxy groups -OCH3 is 2. The van der Waals surface area contributed by atoms with Gasteiger partial charge in [0, 0.05) is 33.9 Å². The standard InChI is InChI=1S/C11H21NO4/c1-14-10-5-12(6-11(10)15-2)8-7-16-4-3-9(8)13/h8-11,13H,3-7H2,1-2H3. The van der Waals surface area contributed by atoms with Gasteiger partial charge in [0.1, 0.15) is 0 Å². The van der Waals surface area contributed by atoms with Crippen LogP contribution < -0.4 is 0 Å². The van der Waals surface area contributed by atoms with Crippen LogP contribution in [-0.4, -0.2) is 74.9 Å². The molecule has 2 aliphatic rings. The van der Waals surface area contributed by atoms with Gasteiger partial charge in [-0.2, -0.15) is 0 Å². The van der Waals surface area contributed by atoms with Gasteiger partial charge in [0.2, 0.25) is 0 Å². The summed E-state index contributed by atoms with van der Waals surface area (Å²) in [5.74, 6) is 0. The molecular weight excluding hydrogens is 210 g/mol. The Morgan fingerprint density at radius 3 is 2.31 bits per heavy atom. The van der Waals surface area contributed by atoms with Crippen molar-refractivity contribution in [3.63, 3.8) is 0 Å². The highest BCUT2D eigenvalue weighted by atomic mass is 16.5. The largest absolute Gasteiger partial charge is 0.391 e. The molecule has 1 N–H and O–H groups in total. The summed E-state index contributed by atoms with van der Waals surface area (Å²) < 4.78 is 16.2. The molecule has 0 bridgehead atoms. The van der Waals surface area contributed by atoms with Crippen molar-refractivity contribution >= 4 is 0 Å². The van der Waals surface area contributed by atoms with E-state index in [1.807, 2.05) is 0 Å². The molecule has 0 amide bonds. The van der Waals surface area contributed by atoms with Crippen molar-refractivity contribution in [3.8, 4) is 0 Å². The fraction of sp³-hybridized carbons (Fsp3) is 1.00. The van der Waals surface area contributed by atoms with Gasteiger partial charge in [0.05, 0.1) is 31.0 Å². The van der Waals surface area contributed by atoms with E-state index in [1.165, 1.54) is 0 Å². The maximum atomic E-state index is 9.94. The average molecular weight is 231 g/mol. The average Bonchev–Trinajstić information content (AvgIpc) is 2.72. The molecule has 2 heterocycles. The second kappa shape index (κ2) is 5.42. The van der Waals surface area contributed by atoms with Crippen LogP contribution in [0.3, 0.4) is 0 Å². The molecule has 0 spiro atoms. The first-order valence-corrected chi connectivity index (χ1v) is 5.81. The minimum Gasteiger partial charge on any atom is -0.391 e. The lowest BCUT2D eigenvalue weighted by atomic mass is 10.1. The number of aliphatic hydroxyl groups is 1. The van der Waals surface area contributed by atoms with Crippen LogP contribution in [0.2, 0.25) is 0 Å². The summed E-state index contributed by atoms with van der Waals surface area (Å²) in [6, 6.07) is 0.0894. The maximum absolute atomic E-state index is 9.94. The predicted octanol–water partition coefficient (Wildman–Crippen LogP) is -0.518. The Balaban J connectivity index is 1.95. The summed E-state index contributed by atoms with van der Waals surface area (Å²) in [5.41, 5.74) is 0. The number of likely N-dealkylation sites (tertiary alicyclic amines) is 1. The van der Waals surface area contributed by atoms with Gasteiger partial charge in [0.25, 0.3) is 0 Å². The fourth-order valence-corrected chi connectivity index (χ4v) is 2.56. The number of rotatable bonds is 3. The molecule has 0 radical (unpaired) electrons. The number of nitrogens with zero attached hydrogens (tertiary/aromatic N) is 1. The molecule has 0 aliphatic carbocycles. The van der Waals surface area contributed by atoms with E-state index >= 15 is 0 Å². The molecule has 2 aliphatic heterocycles. The van der Waals surface area contributed by atoms with Crippen molar-refractivity contribution in [3.05, 3.63) is 0 Å². The monoisotopic (exact) mass is 231 g/mol. The minimum absolute atomic E-state index is 0.0894. The van der Waals surface area contributed by atoms with E-state index in [2.05, 4.69) is 4.90 Å². The minimum atomic E-state index is -0.290. The third-order valence-corrected chi connectivity index (χ3v) is 3.61. The molecule has 16 heavy (non-hydrogen) atoms. The Morgan fingerprint density at radius 1 is 1.19 bits per heavy atom. The Kier molecular flexibility index (Phi) is 4.16. The smallest absolute Gasteiger partial charge is 0.0971 e. The van der Waals surface area contributed by atoms with Crippen molar-refractivity contribution in [2.24, 2.45) is 0 Å². The quantitative estimate of drug-likeness (QED) is 0.708. The van der Waals surface area contributed by atoms with Gasteiger partial charge < -0.3 is 19.3 Å². The third-order valence-electron chi connectivity index (χ3n) is 3.61. The van der Waals surface area contributed by atoms with Crippen LogP contribution in [0.25, 0.3) is 0 Å². The van der Waals surface area contributed by atoms with Crippen LogP contribution in [0.5, 0.6) is 0 Å². The second-order valence-corrected chi connectivity index (χ2v) is 4.50. The van der Waals surface area contributed by atoms with Gasteiger partial charge in [-0.05, 0) is 6.42 Å². The summed E-state index contributed by atoms with van der Waals surface area (Å²) in [4.78, 5) is 2.21. The van der Waals surface area contributed by atoms with Gasteiger partial charge in [-0.25, -0.2) is 0 Å². The first kappa shape index (κ1) is 12.3. The normalized spacial score (nSPS) is 41.4. The number of hydrogen-bond donors (Lipinski definition) is 1. The summed E-state index contributed by atoms with van der Waals surface area (Å²) in [5, 5.41) is 9.94. The Labute approximate surface area is 96.3 Å². The van der Waals surface area contributed by atoms with Gasteiger partial charge in [0.15, 0.2) is 0 Å². The van der Waals surface area contributed by atoms with Crippen LogP contribution >= 0.6 is 0 Å². The zero-order valence-electron chi connectivity index (χ0n) is 9.96. The molecule has 0 aromatic rings. The molecule has 4 atom stereocenters. The SMILES string of the molecule is COC1CN(C2COCCC2O)CC1OC. The van der Waals surface area contributed by atoms with Crippen molar-refractivity contribution < 1.29 is 19.3 Å². The van der Waals surface area contributed by atoms with E-state index in [4.69, 9.17) is 14.2 Å². The molecule has 2 fully saturated rings. The highest BCUT2D eigenvalue weighted by molar-refractivity contribution is 4.92. The summed E-state index contributed by atoms with van der Waals surface area (Å²) in [6.45, 7) is 2.88.